The standard InChI is InChI=1S/C18H44O5Si4/c1-14(20-24(2,3)4)15-16(21-25(5,6)7)17(22-26(8,9)10)18(19-15)23-27(11,12)13/h14-18H,1-13H3. The van der Waals surface area contributed by atoms with Gasteiger partial charge in [-0.15, -0.1) is 0 Å². The minimum atomic E-state index is -1.81. The zero-order valence-electron chi connectivity index (χ0n) is 19.9. The van der Waals surface area contributed by atoms with Crippen LogP contribution in [0.5, 0.6) is 0 Å². The first-order valence-corrected chi connectivity index (χ1v) is 23.8. The van der Waals surface area contributed by atoms with Gasteiger partial charge in [0.2, 0.25) is 0 Å². The van der Waals surface area contributed by atoms with Crippen molar-refractivity contribution >= 4 is 33.3 Å². The third-order valence-electron chi connectivity index (χ3n) is 3.66. The van der Waals surface area contributed by atoms with Gasteiger partial charge >= 0.3 is 0 Å². The van der Waals surface area contributed by atoms with Crippen molar-refractivity contribution < 1.29 is 22.4 Å². The van der Waals surface area contributed by atoms with Gasteiger partial charge in [-0.05, 0) is 85.5 Å². The van der Waals surface area contributed by atoms with Crippen LogP contribution in [-0.2, 0) is 22.4 Å². The third-order valence-corrected chi connectivity index (χ3v) is 7.64. The van der Waals surface area contributed by atoms with Crippen molar-refractivity contribution in [3.05, 3.63) is 0 Å². The Morgan fingerprint density at radius 2 is 1.00 bits per heavy atom. The molecule has 0 saturated carbocycles. The summed E-state index contributed by atoms with van der Waals surface area (Å²) in [7, 11) is -7.12. The molecule has 5 atom stereocenters. The van der Waals surface area contributed by atoms with Gasteiger partial charge in [0.15, 0.2) is 39.6 Å². The average Bonchev–Trinajstić information content (AvgIpc) is 2.60. The molecular formula is C18H44O5Si4. The van der Waals surface area contributed by atoms with Crippen LogP contribution in [0.4, 0.5) is 0 Å². The molecule has 1 saturated heterocycles. The molecule has 162 valence electrons. The lowest BCUT2D eigenvalue weighted by Gasteiger charge is -2.36. The van der Waals surface area contributed by atoms with E-state index >= 15 is 0 Å². The smallest absolute Gasteiger partial charge is 0.187 e. The molecule has 0 aromatic heterocycles. The number of rotatable bonds is 9. The molecule has 1 fully saturated rings. The van der Waals surface area contributed by atoms with E-state index in [-0.39, 0.29) is 30.7 Å². The minimum absolute atomic E-state index is 0.0546. The molecule has 1 heterocycles. The second-order valence-corrected chi connectivity index (χ2v) is 29.4. The van der Waals surface area contributed by atoms with E-state index < -0.39 is 33.3 Å². The summed E-state index contributed by atoms with van der Waals surface area (Å²) in [5, 5.41) is 0. The first-order valence-electron chi connectivity index (χ1n) is 10.1. The van der Waals surface area contributed by atoms with Crippen LogP contribution in [0.1, 0.15) is 6.92 Å². The Labute approximate surface area is 172 Å². The lowest BCUT2D eigenvalue weighted by Crippen LogP contribution is -2.52. The summed E-state index contributed by atoms with van der Waals surface area (Å²) in [4.78, 5) is 0. The molecule has 0 radical (unpaired) electrons. The average molecular weight is 453 g/mol. The van der Waals surface area contributed by atoms with Crippen molar-refractivity contribution in [2.45, 2.75) is 116 Å². The van der Waals surface area contributed by atoms with Crippen molar-refractivity contribution in [3.63, 3.8) is 0 Å². The molecule has 1 aliphatic rings. The maximum absolute atomic E-state index is 6.63. The van der Waals surface area contributed by atoms with Gasteiger partial charge in [-0.1, -0.05) is 0 Å². The fraction of sp³-hybridized carbons (Fsp3) is 1.00. The van der Waals surface area contributed by atoms with E-state index in [4.69, 9.17) is 22.4 Å². The molecular weight excluding hydrogens is 409 g/mol. The van der Waals surface area contributed by atoms with Gasteiger partial charge in [0.05, 0.1) is 6.10 Å². The van der Waals surface area contributed by atoms with E-state index in [0.717, 1.165) is 0 Å². The van der Waals surface area contributed by atoms with Crippen molar-refractivity contribution in [2.75, 3.05) is 0 Å². The van der Waals surface area contributed by atoms with Crippen molar-refractivity contribution in [1.82, 2.24) is 0 Å². The normalized spacial score (nSPS) is 29.2. The molecule has 9 heteroatoms. The van der Waals surface area contributed by atoms with Gasteiger partial charge in [-0.2, -0.15) is 0 Å². The summed E-state index contributed by atoms with van der Waals surface area (Å²) in [6.07, 6.45) is -0.974. The molecule has 0 spiro atoms. The molecule has 1 rings (SSSR count). The highest BCUT2D eigenvalue weighted by Gasteiger charge is 2.52. The van der Waals surface area contributed by atoms with Crippen LogP contribution in [0, 0.1) is 0 Å². The predicted molar refractivity (Wildman–Crippen MR) is 123 cm³/mol. The molecule has 0 aromatic rings. The quantitative estimate of drug-likeness (QED) is 0.447. The van der Waals surface area contributed by atoms with Crippen molar-refractivity contribution in [3.8, 4) is 0 Å². The molecule has 5 nitrogen and oxygen atoms in total. The molecule has 0 bridgehead atoms. The lowest BCUT2D eigenvalue weighted by atomic mass is 10.1. The second-order valence-electron chi connectivity index (χ2n) is 11.5. The molecule has 1 aliphatic heterocycles. The van der Waals surface area contributed by atoms with Crippen LogP contribution >= 0.6 is 0 Å². The zero-order valence-corrected chi connectivity index (χ0v) is 23.9. The largest absolute Gasteiger partial charge is 0.412 e. The number of ether oxygens (including phenoxy) is 1. The highest BCUT2D eigenvalue weighted by Crippen LogP contribution is 2.35. The molecule has 0 aliphatic carbocycles. The summed E-state index contributed by atoms with van der Waals surface area (Å²) in [5.74, 6) is 0. The van der Waals surface area contributed by atoms with Gasteiger partial charge in [0.25, 0.3) is 0 Å². The minimum Gasteiger partial charge on any atom is -0.412 e. The fourth-order valence-electron chi connectivity index (χ4n) is 3.17. The Balaban J connectivity index is 3.22. The number of hydrogen-bond donors (Lipinski definition) is 0. The molecule has 27 heavy (non-hydrogen) atoms. The Hall–Kier alpha value is 0.668. The van der Waals surface area contributed by atoms with Gasteiger partial charge in [-0.25, -0.2) is 0 Å². The topological polar surface area (TPSA) is 46.2 Å². The Morgan fingerprint density at radius 3 is 1.37 bits per heavy atom. The number of hydrogen-bond acceptors (Lipinski definition) is 5. The summed E-state index contributed by atoms with van der Waals surface area (Å²) < 4.78 is 32.5. The first-order chi connectivity index (χ1) is 11.8. The predicted octanol–water partition coefficient (Wildman–Crippen LogP) is 5.24. The SMILES string of the molecule is CC(O[Si](C)(C)C)C1OC(O[Si](C)(C)C)C(O[Si](C)(C)C)C1O[Si](C)(C)C. The summed E-state index contributed by atoms with van der Waals surface area (Å²) >= 11 is 0. The van der Waals surface area contributed by atoms with Crippen LogP contribution in [-0.4, -0.2) is 64.0 Å². The lowest BCUT2D eigenvalue weighted by molar-refractivity contribution is -0.128. The molecule has 0 aromatic carbocycles. The van der Waals surface area contributed by atoms with Crippen LogP contribution in [0.3, 0.4) is 0 Å². The van der Waals surface area contributed by atoms with E-state index in [1.807, 2.05) is 0 Å². The summed E-state index contributed by atoms with van der Waals surface area (Å²) in [6.45, 7) is 28.6. The van der Waals surface area contributed by atoms with E-state index in [9.17, 15) is 0 Å². The second kappa shape index (κ2) is 8.81. The Bertz CT molecular complexity index is 476. The molecule has 5 unspecified atom stereocenters. The zero-order chi connectivity index (χ0) is 21.4. The van der Waals surface area contributed by atoms with Gasteiger partial charge in [-0.3, -0.25) is 0 Å². The van der Waals surface area contributed by atoms with Gasteiger partial charge in [0.1, 0.15) is 18.3 Å². The summed E-state index contributed by atoms with van der Waals surface area (Å²) in [5.41, 5.74) is 0. The van der Waals surface area contributed by atoms with Crippen LogP contribution in [0.2, 0.25) is 78.6 Å². The van der Waals surface area contributed by atoms with Crippen LogP contribution < -0.4 is 0 Å². The third kappa shape index (κ3) is 9.81. The highest BCUT2D eigenvalue weighted by atomic mass is 28.4. The van der Waals surface area contributed by atoms with Crippen molar-refractivity contribution in [2.24, 2.45) is 0 Å². The maximum Gasteiger partial charge on any atom is 0.187 e. The Kier molecular flexibility index (Phi) is 8.38. The van der Waals surface area contributed by atoms with Crippen LogP contribution in [0.25, 0.3) is 0 Å². The van der Waals surface area contributed by atoms with Crippen LogP contribution in [0.15, 0.2) is 0 Å². The van der Waals surface area contributed by atoms with E-state index in [2.05, 4.69) is 85.5 Å². The maximum atomic E-state index is 6.63. The van der Waals surface area contributed by atoms with Gasteiger partial charge in [0, 0.05) is 0 Å². The van der Waals surface area contributed by atoms with E-state index in [1.54, 1.807) is 0 Å². The fourth-order valence-corrected chi connectivity index (χ4v) is 7.45. The molecule has 0 N–H and O–H groups in total. The van der Waals surface area contributed by atoms with Crippen molar-refractivity contribution in [1.29, 1.82) is 0 Å². The highest BCUT2D eigenvalue weighted by molar-refractivity contribution is 6.71. The summed E-state index contributed by atoms with van der Waals surface area (Å²) in [6, 6.07) is 0. The monoisotopic (exact) mass is 452 g/mol. The van der Waals surface area contributed by atoms with Gasteiger partial charge < -0.3 is 22.4 Å². The van der Waals surface area contributed by atoms with E-state index in [0.29, 0.717) is 0 Å². The molecule has 0 amide bonds. The Morgan fingerprint density at radius 1 is 0.593 bits per heavy atom. The first kappa shape index (κ1) is 25.7. The van der Waals surface area contributed by atoms with E-state index in [1.165, 1.54) is 0 Å².